The van der Waals surface area contributed by atoms with E-state index >= 15 is 0 Å². The van der Waals surface area contributed by atoms with Crippen molar-refractivity contribution in [2.45, 2.75) is 62.6 Å². The van der Waals surface area contributed by atoms with Gasteiger partial charge in [0.25, 0.3) is 10.0 Å². The van der Waals surface area contributed by atoms with E-state index in [9.17, 15) is 18.0 Å². The number of nitrogens with one attached hydrogen (secondary N) is 1. The van der Waals surface area contributed by atoms with Crippen LogP contribution >= 0.6 is 23.2 Å². The Morgan fingerprint density at radius 3 is 2.11 bits per heavy atom. The maximum Gasteiger partial charge on any atom is 0.264 e. The zero-order valence-electron chi connectivity index (χ0n) is 26.0. The molecule has 4 aromatic carbocycles. The van der Waals surface area contributed by atoms with Gasteiger partial charge in [0.05, 0.1) is 10.6 Å². The fourth-order valence-electron chi connectivity index (χ4n) is 5.54. The molecule has 8 nitrogen and oxygen atoms in total. The lowest BCUT2D eigenvalue weighted by atomic mass is 9.95. The molecular weight excluding hydrogens is 657 g/mol. The number of amides is 2. The highest BCUT2D eigenvalue weighted by Gasteiger charge is 2.33. The largest absolute Gasteiger partial charge is 0.457 e. The number of rotatable bonds is 12. The van der Waals surface area contributed by atoms with Crippen LogP contribution in [0.5, 0.6) is 11.5 Å². The standard InChI is InChI=1S/C36H37Cl2N3O5S/c1-26(36(43)39-29-11-5-2-6-12-29)40(24-27-17-18-28(37)23-34(27)38)35(42)25-41(47(44,45)33-15-9-4-10-16-33)30-19-21-32(22-20-30)46-31-13-7-3-8-14-31/h3-4,7-10,13-23,26,29H,2,5-6,11-12,24-25H2,1H3,(H,39,43). The van der Waals surface area contributed by atoms with Crippen LogP contribution in [0.3, 0.4) is 0 Å². The summed E-state index contributed by atoms with van der Waals surface area (Å²) in [5.74, 6) is 0.234. The molecule has 1 unspecified atom stereocenters. The van der Waals surface area contributed by atoms with Crippen LogP contribution in [0.1, 0.15) is 44.6 Å². The van der Waals surface area contributed by atoms with Gasteiger partial charge in [0, 0.05) is 22.6 Å². The van der Waals surface area contributed by atoms with Gasteiger partial charge in [0.15, 0.2) is 0 Å². The molecule has 5 rings (SSSR count). The van der Waals surface area contributed by atoms with Gasteiger partial charge in [-0.3, -0.25) is 13.9 Å². The average molecular weight is 695 g/mol. The number of sulfonamides is 1. The molecule has 11 heteroatoms. The SMILES string of the molecule is CC(C(=O)NC1CCCCC1)N(Cc1ccc(Cl)cc1Cl)C(=O)CN(c1ccc(Oc2ccccc2)cc1)S(=O)(=O)c1ccccc1. The summed E-state index contributed by atoms with van der Waals surface area (Å²) in [7, 11) is -4.21. The molecule has 0 radical (unpaired) electrons. The van der Waals surface area contributed by atoms with Crippen LogP contribution in [0, 0.1) is 0 Å². The van der Waals surface area contributed by atoms with Crippen LogP contribution < -0.4 is 14.4 Å². The van der Waals surface area contributed by atoms with Gasteiger partial charge < -0.3 is 15.0 Å². The van der Waals surface area contributed by atoms with Crippen molar-refractivity contribution in [3.05, 3.63) is 119 Å². The van der Waals surface area contributed by atoms with Crippen molar-refractivity contribution in [2.24, 2.45) is 0 Å². The monoisotopic (exact) mass is 693 g/mol. The zero-order chi connectivity index (χ0) is 33.4. The second-order valence-corrected chi connectivity index (χ2v) is 14.2. The van der Waals surface area contributed by atoms with Gasteiger partial charge in [0.1, 0.15) is 24.1 Å². The normalized spacial score (nSPS) is 14.2. The first kappa shape index (κ1) is 34.3. The lowest BCUT2D eigenvalue weighted by Gasteiger charge is -2.33. The van der Waals surface area contributed by atoms with E-state index < -0.39 is 28.5 Å². The minimum atomic E-state index is -4.21. The number of carbonyl (C=O) groups excluding carboxylic acids is 2. The first-order valence-corrected chi connectivity index (χ1v) is 17.8. The highest BCUT2D eigenvalue weighted by molar-refractivity contribution is 7.92. The fraction of sp³-hybridized carbons (Fsp3) is 0.278. The molecule has 1 atom stereocenters. The van der Waals surface area contributed by atoms with Crippen molar-refractivity contribution in [3.8, 4) is 11.5 Å². The smallest absolute Gasteiger partial charge is 0.264 e. The number of anilines is 1. The van der Waals surface area contributed by atoms with Crippen molar-refractivity contribution in [2.75, 3.05) is 10.8 Å². The van der Waals surface area contributed by atoms with Gasteiger partial charge in [0.2, 0.25) is 11.8 Å². The molecule has 47 heavy (non-hydrogen) atoms. The van der Waals surface area contributed by atoms with Crippen LogP contribution in [0.25, 0.3) is 0 Å². The second kappa shape index (κ2) is 15.7. The molecule has 1 aliphatic carbocycles. The summed E-state index contributed by atoms with van der Waals surface area (Å²) < 4.78 is 35.1. The van der Waals surface area contributed by atoms with Crippen LogP contribution in [-0.4, -0.2) is 43.8 Å². The highest BCUT2D eigenvalue weighted by Crippen LogP contribution is 2.29. The first-order valence-electron chi connectivity index (χ1n) is 15.6. The second-order valence-electron chi connectivity index (χ2n) is 11.5. The number of carbonyl (C=O) groups is 2. The zero-order valence-corrected chi connectivity index (χ0v) is 28.3. The number of nitrogens with zero attached hydrogens (tertiary/aromatic N) is 2. The number of ether oxygens (including phenoxy) is 1. The van der Waals surface area contributed by atoms with Crippen molar-refractivity contribution in [1.29, 1.82) is 0 Å². The number of halogens is 2. The number of para-hydroxylation sites is 1. The molecule has 2 amide bonds. The topological polar surface area (TPSA) is 96.0 Å². The van der Waals surface area contributed by atoms with Gasteiger partial charge >= 0.3 is 0 Å². The molecule has 0 spiro atoms. The Bertz CT molecular complexity index is 1770. The van der Waals surface area contributed by atoms with Crippen molar-refractivity contribution in [1.82, 2.24) is 10.2 Å². The first-order chi connectivity index (χ1) is 22.6. The Labute approximate surface area is 286 Å². The molecule has 0 aromatic heterocycles. The van der Waals surface area contributed by atoms with Gasteiger partial charge in [-0.05, 0) is 86.0 Å². The number of hydrogen-bond donors (Lipinski definition) is 1. The molecule has 1 aliphatic rings. The average Bonchev–Trinajstić information content (AvgIpc) is 3.08. The van der Waals surface area contributed by atoms with Crippen LogP contribution in [0.15, 0.2) is 108 Å². The quantitative estimate of drug-likeness (QED) is 0.163. The van der Waals surface area contributed by atoms with Crippen LogP contribution in [0.2, 0.25) is 10.0 Å². The predicted octanol–water partition coefficient (Wildman–Crippen LogP) is 7.85. The maximum atomic E-state index is 14.3. The number of benzene rings is 4. The van der Waals surface area contributed by atoms with E-state index in [-0.39, 0.29) is 29.1 Å². The Kier molecular flexibility index (Phi) is 11.4. The lowest BCUT2D eigenvalue weighted by molar-refractivity contribution is -0.139. The van der Waals surface area contributed by atoms with E-state index in [4.69, 9.17) is 27.9 Å². The summed E-state index contributed by atoms with van der Waals surface area (Å²) in [6.07, 6.45) is 4.95. The highest BCUT2D eigenvalue weighted by atomic mass is 35.5. The van der Waals surface area contributed by atoms with Crippen LogP contribution in [0.4, 0.5) is 5.69 Å². The van der Waals surface area contributed by atoms with E-state index in [2.05, 4.69) is 5.32 Å². The number of hydrogen-bond acceptors (Lipinski definition) is 5. The lowest BCUT2D eigenvalue weighted by Crippen LogP contribution is -2.53. The Morgan fingerprint density at radius 2 is 1.47 bits per heavy atom. The minimum Gasteiger partial charge on any atom is -0.457 e. The molecule has 1 saturated carbocycles. The van der Waals surface area contributed by atoms with E-state index in [1.165, 1.54) is 17.0 Å². The third-order valence-corrected chi connectivity index (χ3v) is 10.6. The molecule has 4 aromatic rings. The molecule has 0 bridgehead atoms. The molecule has 1 N–H and O–H groups in total. The van der Waals surface area contributed by atoms with Gasteiger partial charge in [-0.25, -0.2) is 8.42 Å². The Morgan fingerprint density at radius 1 is 0.851 bits per heavy atom. The predicted molar refractivity (Wildman–Crippen MR) is 185 cm³/mol. The summed E-state index contributed by atoms with van der Waals surface area (Å²) in [5, 5.41) is 3.86. The van der Waals surface area contributed by atoms with Crippen molar-refractivity contribution >= 4 is 50.7 Å². The van der Waals surface area contributed by atoms with Gasteiger partial charge in [-0.2, -0.15) is 0 Å². The van der Waals surface area contributed by atoms with E-state index in [1.54, 1.807) is 67.6 Å². The maximum absolute atomic E-state index is 14.3. The van der Waals surface area contributed by atoms with Crippen molar-refractivity contribution in [3.63, 3.8) is 0 Å². The van der Waals surface area contributed by atoms with E-state index in [0.717, 1.165) is 36.4 Å². The fourth-order valence-corrected chi connectivity index (χ4v) is 7.44. The van der Waals surface area contributed by atoms with E-state index in [0.29, 0.717) is 27.1 Å². The third kappa shape index (κ3) is 8.86. The molecule has 0 saturated heterocycles. The summed E-state index contributed by atoms with van der Waals surface area (Å²) >= 11 is 12.6. The summed E-state index contributed by atoms with van der Waals surface area (Å²) in [5.41, 5.74) is 0.827. The molecule has 246 valence electrons. The molecule has 0 aliphatic heterocycles. The summed E-state index contributed by atoms with van der Waals surface area (Å²) in [4.78, 5) is 29.2. The molecule has 0 heterocycles. The minimum absolute atomic E-state index is 0.0211. The third-order valence-electron chi connectivity index (χ3n) is 8.19. The Balaban J connectivity index is 1.47. The van der Waals surface area contributed by atoms with Crippen LogP contribution in [-0.2, 0) is 26.2 Å². The van der Waals surface area contributed by atoms with Gasteiger partial charge in [-0.15, -0.1) is 0 Å². The summed E-state index contributed by atoms with van der Waals surface area (Å²) in [6.45, 7) is 1.05. The van der Waals surface area contributed by atoms with E-state index in [1.807, 2.05) is 30.3 Å². The van der Waals surface area contributed by atoms with Gasteiger partial charge in [-0.1, -0.05) is 84.9 Å². The van der Waals surface area contributed by atoms with Crippen molar-refractivity contribution < 1.29 is 22.7 Å². The molecule has 1 fully saturated rings. The summed E-state index contributed by atoms with van der Waals surface area (Å²) in [6, 6.07) is 27.6. The Hall–Kier alpha value is -4.05. The molecular formula is C36H37Cl2N3O5S.